The van der Waals surface area contributed by atoms with Crippen LogP contribution in [0.25, 0.3) is 0 Å². The second kappa shape index (κ2) is 13.3. The molecule has 26 heavy (non-hydrogen) atoms. The first-order valence-electron chi connectivity index (χ1n) is 8.73. The summed E-state index contributed by atoms with van der Waals surface area (Å²) in [4.78, 5) is 15.0. The van der Waals surface area contributed by atoms with Crippen molar-refractivity contribution in [1.82, 2.24) is 10.2 Å². The summed E-state index contributed by atoms with van der Waals surface area (Å²) in [6.45, 7) is 4.97. The van der Waals surface area contributed by atoms with E-state index in [4.69, 9.17) is 10.5 Å². The summed E-state index contributed by atoms with van der Waals surface area (Å²) in [6, 6.07) is 5.70. The van der Waals surface area contributed by atoms with Gasteiger partial charge in [0.15, 0.2) is 0 Å². The summed E-state index contributed by atoms with van der Waals surface area (Å²) in [7, 11) is 0. The van der Waals surface area contributed by atoms with Gasteiger partial charge in [0.05, 0.1) is 13.2 Å². The zero-order valence-corrected chi connectivity index (χ0v) is 16.8. The molecule has 2 unspecified atom stereocenters. The molecule has 1 aromatic rings. The Balaban J connectivity index is 0.00000312. The zero-order chi connectivity index (χ0) is 17.4. The zero-order valence-electron chi connectivity index (χ0n) is 15.2. The van der Waals surface area contributed by atoms with Crippen LogP contribution in [0.3, 0.4) is 0 Å². The van der Waals surface area contributed by atoms with Crippen molar-refractivity contribution >= 4 is 30.7 Å². The molecule has 3 N–H and O–H groups in total. The first-order valence-corrected chi connectivity index (χ1v) is 8.73. The van der Waals surface area contributed by atoms with Crippen LogP contribution in [-0.4, -0.2) is 49.7 Å². The number of rotatable bonds is 8. The van der Waals surface area contributed by atoms with Crippen LogP contribution >= 0.6 is 24.8 Å². The molecule has 5 nitrogen and oxygen atoms in total. The van der Waals surface area contributed by atoms with Gasteiger partial charge in [-0.15, -0.1) is 24.8 Å². The summed E-state index contributed by atoms with van der Waals surface area (Å²) in [5.74, 6) is -0.450. The third-order valence-corrected chi connectivity index (χ3v) is 4.36. The number of ether oxygens (including phenoxy) is 1. The summed E-state index contributed by atoms with van der Waals surface area (Å²) in [5.41, 5.74) is 6.46. The Morgan fingerprint density at radius 1 is 1.35 bits per heavy atom. The van der Waals surface area contributed by atoms with E-state index in [1.54, 1.807) is 12.1 Å². The lowest BCUT2D eigenvalue weighted by Crippen LogP contribution is -2.49. The van der Waals surface area contributed by atoms with Crippen LogP contribution in [0, 0.1) is 5.82 Å². The molecule has 1 amide bonds. The number of hydrogen-bond acceptors (Lipinski definition) is 4. The van der Waals surface area contributed by atoms with Crippen molar-refractivity contribution in [3.63, 3.8) is 0 Å². The highest BCUT2D eigenvalue weighted by atomic mass is 35.5. The Labute approximate surface area is 167 Å². The van der Waals surface area contributed by atoms with Crippen molar-refractivity contribution in [3.05, 3.63) is 35.6 Å². The molecule has 2 rings (SSSR count). The average Bonchev–Trinajstić information content (AvgIpc) is 2.60. The quantitative estimate of drug-likeness (QED) is 0.692. The van der Waals surface area contributed by atoms with Gasteiger partial charge in [0.25, 0.3) is 0 Å². The second-order valence-electron chi connectivity index (χ2n) is 6.19. The Morgan fingerprint density at radius 2 is 2.04 bits per heavy atom. The van der Waals surface area contributed by atoms with Crippen LogP contribution < -0.4 is 11.1 Å². The third-order valence-electron chi connectivity index (χ3n) is 4.36. The summed E-state index contributed by atoms with van der Waals surface area (Å²) < 4.78 is 19.0. The van der Waals surface area contributed by atoms with Gasteiger partial charge in [-0.2, -0.15) is 0 Å². The maximum absolute atomic E-state index is 13.7. The Kier molecular flexibility index (Phi) is 12.8. The van der Waals surface area contributed by atoms with Gasteiger partial charge in [0, 0.05) is 25.7 Å². The first kappa shape index (κ1) is 25.1. The molecule has 0 radical (unpaired) electrons. The molecule has 2 atom stereocenters. The van der Waals surface area contributed by atoms with Crippen molar-refractivity contribution in [3.8, 4) is 0 Å². The molecule has 0 bridgehead atoms. The van der Waals surface area contributed by atoms with Crippen LogP contribution in [0.2, 0.25) is 0 Å². The van der Waals surface area contributed by atoms with Crippen LogP contribution in [0.15, 0.2) is 24.3 Å². The lowest BCUT2D eigenvalue weighted by atomic mass is 10.0. The van der Waals surface area contributed by atoms with Gasteiger partial charge in [-0.3, -0.25) is 9.69 Å². The SMILES string of the molecule is CCCCC(CN)NC(=O)C(c1cccc(F)c1)N1CCOCC1.Cl.Cl. The number of carbonyl (C=O) groups is 1. The fraction of sp³-hybridized carbons (Fsp3) is 0.611. The van der Waals surface area contributed by atoms with E-state index >= 15 is 0 Å². The van der Waals surface area contributed by atoms with E-state index in [1.807, 2.05) is 4.90 Å². The maximum Gasteiger partial charge on any atom is 0.242 e. The molecule has 150 valence electrons. The van der Waals surface area contributed by atoms with Crippen molar-refractivity contribution in [2.75, 3.05) is 32.8 Å². The number of nitrogens with zero attached hydrogens (tertiary/aromatic N) is 1. The molecular formula is C18H30Cl2FN3O2. The van der Waals surface area contributed by atoms with Crippen LogP contribution in [0.4, 0.5) is 4.39 Å². The number of benzene rings is 1. The molecule has 0 aliphatic carbocycles. The number of carbonyl (C=O) groups excluding carboxylic acids is 1. The van der Waals surface area contributed by atoms with E-state index in [-0.39, 0.29) is 42.6 Å². The highest BCUT2D eigenvalue weighted by Crippen LogP contribution is 2.23. The Hall–Kier alpha value is -0.920. The maximum atomic E-state index is 13.7. The Bertz CT molecular complexity index is 531. The van der Waals surface area contributed by atoms with Crippen molar-refractivity contribution < 1.29 is 13.9 Å². The second-order valence-corrected chi connectivity index (χ2v) is 6.19. The first-order chi connectivity index (χ1) is 11.7. The fourth-order valence-electron chi connectivity index (χ4n) is 3.02. The smallest absolute Gasteiger partial charge is 0.242 e. The number of halogens is 3. The van der Waals surface area contributed by atoms with Gasteiger partial charge < -0.3 is 15.8 Å². The molecule has 1 aromatic carbocycles. The predicted molar refractivity (Wildman–Crippen MR) is 107 cm³/mol. The van der Waals surface area contributed by atoms with E-state index in [9.17, 15) is 9.18 Å². The Morgan fingerprint density at radius 3 is 2.62 bits per heavy atom. The topological polar surface area (TPSA) is 67.6 Å². The van der Waals surface area contributed by atoms with E-state index in [0.29, 0.717) is 38.4 Å². The lowest BCUT2D eigenvalue weighted by molar-refractivity contribution is -0.129. The molecule has 8 heteroatoms. The molecule has 1 heterocycles. The monoisotopic (exact) mass is 409 g/mol. The third kappa shape index (κ3) is 7.37. The number of morpholine rings is 1. The van der Waals surface area contributed by atoms with Crippen molar-refractivity contribution in [1.29, 1.82) is 0 Å². The number of nitrogens with one attached hydrogen (secondary N) is 1. The van der Waals surface area contributed by atoms with Gasteiger partial charge in [-0.05, 0) is 24.1 Å². The number of nitrogens with two attached hydrogens (primary N) is 1. The number of unbranched alkanes of at least 4 members (excludes halogenated alkanes) is 1. The molecule has 1 aliphatic heterocycles. The molecule has 0 aromatic heterocycles. The summed E-state index contributed by atoms with van der Waals surface area (Å²) in [6.07, 6.45) is 2.94. The fourth-order valence-corrected chi connectivity index (χ4v) is 3.02. The normalized spacial score (nSPS) is 16.7. The van der Waals surface area contributed by atoms with E-state index in [0.717, 1.165) is 19.3 Å². The van der Waals surface area contributed by atoms with Crippen LogP contribution in [0.5, 0.6) is 0 Å². The van der Waals surface area contributed by atoms with Crippen LogP contribution in [-0.2, 0) is 9.53 Å². The van der Waals surface area contributed by atoms with Gasteiger partial charge in [0.1, 0.15) is 11.9 Å². The van der Waals surface area contributed by atoms with Crippen molar-refractivity contribution in [2.45, 2.75) is 38.3 Å². The van der Waals surface area contributed by atoms with Gasteiger partial charge in [0.2, 0.25) is 5.91 Å². The molecule has 1 saturated heterocycles. The number of amides is 1. The van der Waals surface area contributed by atoms with Gasteiger partial charge in [-0.1, -0.05) is 31.9 Å². The largest absolute Gasteiger partial charge is 0.379 e. The highest BCUT2D eigenvalue weighted by molar-refractivity contribution is 5.85. The minimum absolute atomic E-state index is 0. The molecule has 1 aliphatic rings. The highest BCUT2D eigenvalue weighted by Gasteiger charge is 2.30. The minimum Gasteiger partial charge on any atom is -0.379 e. The average molecular weight is 410 g/mol. The molecule has 0 saturated carbocycles. The molecule has 1 fully saturated rings. The van der Waals surface area contributed by atoms with E-state index in [1.165, 1.54) is 12.1 Å². The number of hydrogen-bond donors (Lipinski definition) is 2. The van der Waals surface area contributed by atoms with E-state index < -0.39 is 6.04 Å². The van der Waals surface area contributed by atoms with Gasteiger partial charge in [-0.25, -0.2) is 4.39 Å². The summed E-state index contributed by atoms with van der Waals surface area (Å²) in [5, 5.41) is 3.05. The standard InChI is InChI=1S/C18H28FN3O2.2ClH/c1-2-3-7-16(13-20)21-18(23)17(22-8-10-24-11-9-22)14-5-4-6-15(19)12-14;;/h4-6,12,16-17H,2-3,7-11,13,20H2,1H3,(H,21,23);2*1H. The van der Waals surface area contributed by atoms with Crippen molar-refractivity contribution in [2.24, 2.45) is 5.73 Å². The van der Waals surface area contributed by atoms with E-state index in [2.05, 4.69) is 12.2 Å². The lowest BCUT2D eigenvalue weighted by Gasteiger charge is -2.34. The molecule has 0 spiro atoms. The van der Waals surface area contributed by atoms with Gasteiger partial charge >= 0.3 is 0 Å². The van der Waals surface area contributed by atoms with Crippen LogP contribution in [0.1, 0.15) is 37.8 Å². The molecular weight excluding hydrogens is 380 g/mol. The summed E-state index contributed by atoms with van der Waals surface area (Å²) >= 11 is 0. The minimum atomic E-state index is -0.514. The predicted octanol–water partition coefficient (Wildman–Crippen LogP) is 2.68.